The number of nitrogens with one attached hydrogen (secondary N) is 1. The largest absolute Gasteiger partial charge is 0.384 e. The highest BCUT2D eigenvalue weighted by atomic mass is 15.3. The van der Waals surface area contributed by atoms with Crippen molar-refractivity contribution < 1.29 is 0 Å². The summed E-state index contributed by atoms with van der Waals surface area (Å²) in [6.45, 7) is 0. The van der Waals surface area contributed by atoms with Crippen LogP contribution in [0.4, 0.5) is 5.82 Å². The second kappa shape index (κ2) is 2.73. The molecule has 0 saturated heterocycles. The average molecular weight is 189 g/mol. The van der Waals surface area contributed by atoms with Crippen LogP contribution in [0, 0.1) is 5.41 Å². The average Bonchev–Trinajstić information content (AvgIpc) is 2.42. The molecule has 5 heteroatoms. The molecule has 0 aliphatic rings. The van der Waals surface area contributed by atoms with E-state index in [0.717, 1.165) is 10.9 Å². The van der Waals surface area contributed by atoms with Gasteiger partial charge >= 0.3 is 0 Å². The Bertz CT molecular complexity index is 511. The number of nitrogen functional groups attached to an aromatic ring is 2. The number of aromatic nitrogens is 2. The minimum absolute atomic E-state index is 0.0372. The second-order valence-electron chi connectivity index (χ2n) is 3.15. The zero-order valence-electron chi connectivity index (χ0n) is 7.78. The standard InChI is InChI=1S/C9H11N5/c1-14-7-3-2-5(8(10)11)4-6(7)9(12)13-14/h2-4H,1H3,(H3,10,11)(H2,12,13). The van der Waals surface area contributed by atoms with Gasteiger partial charge in [-0.25, -0.2) is 0 Å². The summed E-state index contributed by atoms with van der Waals surface area (Å²) in [5, 5.41) is 12.2. The van der Waals surface area contributed by atoms with Gasteiger partial charge in [-0.3, -0.25) is 10.1 Å². The molecule has 5 N–H and O–H groups in total. The summed E-state index contributed by atoms with van der Waals surface area (Å²) in [6.07, 6.45) is 0. The molecule has 0 aliphatic carbocycles. The van der Waals surface area contributed by atoms with E-state index in [9.17, 15) is 0 Å². The highest BCUT2D eigenvalue weighted by Gasteiger charge is 2.06. The van der Waals surface area contributed by atoms with Gasteiger partial charge in [0.15, 0.2) is 5.82 Å². The van der Waals surface area contributed by atoms with Gasteiger partial charge in [0.1, 0.15) is 5.84 Å². The first-order chi connectivity index (χ1) is 6.59. The van der Waals surface area contributed by atoms with Gasteiger partial charge in [-0.1, -0.05) is 0 Å². The first-order valence-corrected chi connectivity index (χ1v) is 4.16. The van der Waals surface area contributed by atoms with Crippen molar-refractivity contribution in [2.75, 3.05) is 5.73 Å². The van der Waals surface area contributed by atoms with Crippen molar-refractivity contribution in [2.24, 2.45) is 12.8 Å². The predicted octanol–water partition coefficient (Wildman–Crippen LogP) is 0.440. The van der Waals surface area contributed by atoms with Crippen LogP contribution in [0.25, 0.3) is 10.9 Å². The Labute approximate surface area is 80.8 Å². The highest BCUT2D eigenvalue weighted by Crippen LogP contribution is 2.20. The maximum atomic E-state index is 7.30. The van der Waals surface area contributed by atoms with E-state index in [4.69, 9.17) is 16.9 Å². The minimum Gasteiger partial charge on any atom is -0.384 e. The quantitative estimate of drug-likeness (QED) is 0.448. The fraction of sp³-hybridized carbons (Fsp3) is 0.111. The topological polar surface area (TPSA) is 93.7 Å². The molecule has 72 valence electrons. The van der Waals surface area contributed by atoms with Gasteiger partial charge in [-0.15, -0.1) is 0 Å². The van der Waals surface area contributed by atoms with Crippen molar-refractivity contribution in [3.63, 3.8) is 0 Å². The van der Waals surface area contributed by atoms with Crippen LogP contribution in [0.1, 0.15) is 5.56 Å². The lowest BCUT2D eigenvalue weighted by atomic mass is 10.1. The van der Waals surface area contributed by atoms with E-state index in [1.165, 1.54) is 0 Å². The molecule has 0 radical (unpaired) electrons. The summed E-state index contributed by atoms with van der Waals surface area (Å²) in [5.41, 5.74) is 12.7. The molecule has 14 heavy (non-hydrogen) atoms. The Morgan fingerprint density at radius 3 is 2.86 bits per heavy atom. The summed E-state index contributed by atoms with van der Waals surface area (Å²) in [7, 11) is 1.83. The summed E-state index contributed by atoms with van der Waals surface area (Å²) in [5.74, 6) is 0.501. The fourth-order valence-electron chi connectivity index (χ4n) is 1.46. The SMILES string of the molecule is Cn1nc(N)c2cc(C(=N)N)ccc21. The van der Waals surface area contributed by atoms with Gasteiger partial charge in [-0.2, -0.15) is 5.10 Å². The van der Waals surface area contributed by atoms with Crippen molar-refractivity contribution in [3.8, 4) is 0 Å². The third kappa shape index (κ3) is 1.10. The van der Waals surface area contributed by atoms with Crippen LogP contribution in [-0.2, 0) is 7.05 Å². The van der Waals surface area contributed by atoms with Crippen LogP contribution in [-0.4, -0.2) is 15.6 Å². The smallest absolute Gasteiger partial charge is 0.153 e. The molecule has 0 bridgehead atoms. The highest BCUT2D eigenvalue weighted by molar-refractivity contribution is 6.00. The number of hydrogen-bond donors (Lipinski definition) is 3. The van der Waals surface area contributed by atoms with Gasteiger partial charge < -0.3 is 11.5 Å². The van der Waals surface area contributed by atoms with Crippen LogP contribution in [0.15, 0.2) is 18.2 Å². The normalized spacial score (nSPS) is 10.6. The number of aryl methyl sites for hydroxylation is 1. The first kappa shape index (κ1) is 8.55. The number of nitrogens with two attached hydrogens (primary N) is 2. The van der Waals surface area contributed by atoms with E-state index in [0.29, 0.717) is 11.4 Å². The van der Waals surface area contributed by atoms with E-state index in [1.807, 2.05) is 13.1 Å². The van der Waals surface area contributed by atoms with E-state index in [1.54, 1.807) is 16.8 Å². The lowest BCUT2D eigenvalue weighted by molar-refractivity contribution is 0.802. The molecule has 0 unspecified atom stereocenters. The number of amidine groups is 1. The Morgan fingerprint density at radius 1 is 1.50 bits per heavy atom. The van der Waals surface area contributed by atoms with E-state index in [-0.39, 0.29) is 5.84 Å². The molecular weight excluding hydrogens is 178 g/mol. The molecule has 0 amide bonds. The molecular formula is C9H11N5. The number of nitrogens with zero attached hydrogens (tertiary/aromatic N) is 2. The van der Waals surface area contributed by atoms with Gasteiger partial charge in [-0.05, 0) is 18.2 Å². The third-order valence-corrected chi connectivity index (χ3v) is 2.19. The molecule has 0 spiro atoms. The first-order valence-electron chi connectivity index (χ1n) is 4.16. The summed E-state index contributed by atoms with van der Waals surface area (Å²) >= 11 is 0. The van der Waals surface area contributed by atoms with Crippen molar-refractivity contribution >= 4 is 22.6 Å². The molecule has 0 saturated carbocycles. The van der Waals surface area contributed by atoms with Crippen LogP contribution in [0.2, 0.25) is 0 Å². The zero-order chi connectivity index (χ0) is 10.3. The van der Waals surface area contributed by atoms with Gasteiger partial charge in [0, 0.05) is 18.0 Å². The van der Waals surface area contributed by atoms with E-state index >= 15 is 0 Å². The lowest BCUT2D eigenvalue weighted by Gasteiger charge is -1.98. The Morgan fingerprint density at radius 2 is 2.21 bits per heavy atom. The summed E-state index contributed by atoms with van der Waals surface area (Å²) in [6, 6.07) is 5.42. The maximum absolute atomic E-state index is 7.30. The Hall–Kier alpha value is -2.04. The Kier molecular flexibility index (Phi) is 1.67. The van der Waals surface area contributed by atoms with Crippen LogP contribution < -0.4 is 11.5 Å². The molecule has 1 aromatic carbocycles. The molecule has 0 fully saturated rings. The maximum Gasteiger partial charge on any atom is 0.153 e. The van der Waals surface area contributed by atoms with Crippen molar-refractivity contribution in [1.82, 2.24) is 9.78 Å². The molecule has 1 heterocycles. The molecule has 1 aromatic heterocycles. The number of rotatable bonds is 1. The van der Waals surface area contributed by atoms with Crippen molar-refractivity contribution in [1.29, 1.82) is 5.41 Å². The van der Waals surface area contributed by atoms with Gasteiger partial charge in [0.05, 0.1) is 5.52 Å². The summed E-state index contributed by atoms with van der Waals surface area (Å²) in [4.78, 5) is 0. The summed E-state index contributed by atoms with van der Waals surface area (Å²) < 4.78 is 1.70. The van der Waals surface area contributed by atoms with Crippen molar-refractivity contribution in [2.45, 2.75) is 0 Å². The third-order valence-electron chi connectivity index (χ3n) is 2.19. The molecule has 0 atom stereocenters. The van der Waals surface area contributed by atoms with E-state index in [2.05, 4.69) is 5.10 Å². The van der Waals surface area contributed by atoms with Gasteiger partial charge in [0.25, 0.3) is 0 Å². The molecule has 2 aromatic rings. The van der Waals surface area contributed by atoms with Gasteiger partial charge in [0.2, 0.25) is 0 Å². The van der Waals surface area contributed by atoms with Crippen molar-refractivity contribution in [3.05, 3.63) is 23.8 Å². The van der Waals surface area contributed by atoms with Crippen LogP contribution in [0.3, 0.4) is 0 Å². The monoisotopic (exact) mass is 189 g/mol. The molecule has 5 nitrogen and oxygen atoms in total. The number of benzene rings is 1. The second-order valence-corrected chi connectivity index (χ2v) is 3.15. The zero-order valence-corrected chi connectivity index (χ0v) is 7.78. The lowest BCUT2D eigenvalue weighted by Crippen LogP contribution is -2.10. The minimum atomic E-state index is 0.0372. The van der Waals surface area contributed by atoms with Crippen LogP contribution >= 0.6 is 0 Å². The molecule has 2 rings (SSSR count). The number of hydrogen-bond acceptors (Lipinski definition) is 3. The van der Waals surface area contributed by atoms with Crippen LogP contribution in [0.5, 0.6) is 0 Å². The number of fused-ring (bicyclic) bond motifs is 1. The number of anilines is 1. The molecule has 0 aliphatic heterocycles. The Balaban J connectivity index is 2.77. The van der Waals surface area contributed by atoms with E-state index < -0.39 is 0 Å². The fourth-order valence-corrected chi connectivity index (χ4v) is 1.46. The predicted molar refractivity (Wildman–Crippen MR) is 56.1 cm³/mol.